The van der Waals surface area contributed by atoms with Crippen LogP contribution in [-0.2, 0) is 26.1 Å². The van der Waals surface area contributed by atoms with E-state index < -0.39 is 10.0 Å². The van der Waals surface area contributed by atoms with Gasteiger partial charge in [0, 0.05) is 24.0 Å². The van der Waals surface area contributed by atoms with Crippen molar-refractivity contribution in [3.8, 4) is 0 Å². The van der Waals surface area contributed by atoms with Gasteiger partial charge in [-0.2, -0.15) is 4.31 Å². The van der Waals surface area contributed by atoms with E-state index in [-0.39, 0.29) is 18.1 Å². The largest absolute Gasteiger partial charge is 0.375 e. The molecule has 1 aromatic rings. The van der Waals surface area contributed by atoms with Gasteiger partial charge in [0.25, 0.3) is 0 Å². The first-order valence-electron chi connectivity index (χ1n) is 7.10. The van der Waals surface area contributed by atoms with Crippen molar-refractivity contribution in [2.75, 3.05) is 26.0 Å². The van der Waals surface area contributed by atoms with Gasteiger partial charge in [-0.05, 0) is 12.8 Å². The minimum atomic E-state index is -3.16. The number of aromatic nitrogens is 1. The second-order valence-electron chi connectivity index (χ2n) is 5.55. The minimum Gasteiger partial charge on any atom is -0.375 e. The number of morpholine rings is 1. The minimum absolute atomic E-state index is 0.0257. The van der Waals surface area contributed by atoms with Gasteiger partial charge in [0.05, 0.1) is 38.2 Å². The molecule has 118 valence electrons. The molecule has 1 aliphatic carbocycles. The highest BCUT2D eigenvalue weighted by Crippen LogP contribution is 2.36. The Morgan fingerprint density at radius 1 is 1.52 bits per heavy atom. The van der Waals surface area contributed by atoms with E-state index in [1.165, 1.54) is 6.26 Å². The van der Waals surface area contributed by atoms with Crippen LogP contribution in [-0.4, -0.2) is 55.9 Å². The molecule has 2 aliphatic rings. The third kappa shape index (κ3) is 3.45. The lowest BCUT2D eigenvalue weighted by atomic mass is 10.1. The van der Waals surface area contributed by atoms with Crippen molar-refractivity contribution in [2.24, 2.45) is 5.92 Å². The molecule has 0 amide bonds. The van der Waals surface area contributed by atoms with Crippen LogP contribution in [0.4, 0.5) is 0 Å². The van der Waals surface area contributed by atoms with Gasteiger partial charge in [0.2, 0.25) is 10.0 Å². The molecule has 3 atom stereocenters. The molecule has 0 spiro atoms. The summed E-state index contributed by atoms with van der Waals surface area (Å²) >= 11 is 1.58. The summed E-state index contributed by atoms with van der Waals surface area (Å²) in [6.07, 6.45) is 4.80. The number of thiazole rings is 1. The fourth-order valence-corrected chi connectivity index (χ4v) is 4.91. The monoisotopic (exact) mass is 332 g/mol. The van der Waals surface area contributed by atoms with Crippen LogP contribution < -0.4 is 0 Å². The summed E-state index contributed by atoms with van der Waals surface area (Å²) in [6.45, 7) is 2.05. The van der Waals surface area contributed by atoms with Crippen LogP contribution in [0.2, 0.25) is 0 Å². The Labute approximate surface area is 129 Å². The van der Waals surface area contributed by atoms with Gasteiger partial charge < -0.3 is 9.47 Å². The van der Waals surface area contributed by atoms with Crippen LogP contribution in [0.1, 0.15) is 17.8 Å². The lowest BCUT2D eigenvalue weighted by Gasteiger charge is -2.37. The molecule has 21 heavy (non-hydrogen) atoms. The summed E-state index contributed by atoms with van der Waals surface area (Å²) in [7, 11) is -3.16. The predicted molar refractivity (Wildman–Crippen MR) is 79.6 cm³/mol. The third-order valence-corrected chi connectivity index (χ3v) is 6.19. The first-order valence-corrected chi connectivity index (χ1v) is 9.83. The molecule has 3 rings (SSSR count). The summed E-state index contributed by atoms with van der Waals surface area (Å²) < 4.78 is 36.8. The summed E-state index contributed by atoms with van der Waals surface area (Å²) in [4.78, 5) is 4.18. The number of hydrogen-bond acceptors (Lipinski definition) is 6. The Morgan fingerprint density at radius 3 is 3.10 bits per heavy atom. The number of ether oxygens (including phenoxy) is 2. The SMILES string of the molecule is CS(=O)(=O)N1CCO[C@@H]2[C@@H](COCc3nccs3)CC[C@@H]21. The van der Waals surface area contributed by atoms with E-state index in [1.54, 1.807) is 21.8 Å². The van der Waals surface area contributed by atoms with Gasteiger partial charge in [-0.1, -0.05) is 0 Å². The molecule has 2 heterocycles. The molecule has 1 saturated heterocycles. The Balaban J connectivity index is 1.57. The topological polar surface area (TPSA) is 68.7 Å². The van der Waals surface area contributed by atoms with E-state index in [0.717, 1.165) is 17.8 Å². The zero-order chi connectivity index (χ0) is 14.9. The van der Waals surface area contributed by atoms with Gasteiger partial charge in [-0.15, -0.1) is 11.3 Å². The normalized spacial score (nSPS) is 30.4. The second-order valence-corrected chi connectivity index (χ2v) is 8.47. The van der Waals surface area contributed by atoms with Gasteiger partial charge >= 0.3 is 0 Å². The highest BCUT2D eigenvalue weighted by Gasteiger charge is 2.45. The van der Waals surface area contributed by atoms with Crippen LogP contribution in [0, 0.1) is 5.92 Å². The van der Waals surface area contributed by atoms with Crippen LogP contribution in [0.5, 0.6) is 0 Å². The average molecular weight is 332 g/mol. The number of rotatable bonds is 5. The Morgan fingerprint density at radius 2 is 2.38 bits per heavy atom. The van der Waals surface area contributed by atoms with Crippen molar-refractivity contribution in [3.05, 3.63) is 16.6 Å². The molecule has 0 aromatic carbocycles. The summed E-state index contributed by atoms with van der Waals surface area (Å²) in [5.41, 5.74) is 0. The second kappa shape index (κ2) is 6.29. The molecule has 1 aliphatic heterocycles. The van der Waals surface area contributed by atoms with Crippen molar-refractivity contribution < 1.29 is 17.9 Å². The molecular weight excluding hydrogens is 312 g/mol. The van der Waals surface area contributed by atoms with Gasteiger partial charge in [0.1, 0.15) is 5.01 Å². The molecule has 8 heteroatoms. The van der Waals surface area contributed by atoms with E-state index >= 15 is 0 Å². The lowest BCUT2D eigenvalue weighted by Crippen LogP contribution is -2.52. The van der Waals surface area contributed by atoms with Crippen molar-refractivity contribution >= 4 is 21.4 Å². The molecule has 6 nitrogen and oxygen atoms in total. The first kappa shape index (κ1) is 15.4. The van der Waals surface area contributed by atoms with Crippen molar-refractivity contribution in [2.45, 2.75) is 31.6 Å². The number of nitrogens with zero attached hydrogens (tertiary/aromatic N) is 2. The summed E-state index contributed by atoms with van der Waals surface area (Å²) in [6, 6.07) is -0.0257. The summed E-state index contributed by atoms with van der Waals surface area (Å²) in [5, 5.41) is 2.89. The average Bonchev–Trinajstić information content (AvgIpc) is 3.07. The molecule has 0 bridgehead atoms. The standard InChI is InChI=1S/C13H20N2O4S2/c1-21(16,17)15-5-6-19-13-10(2-3-11(13)15)8-18-9-12-14-4-7-20-12/h4,7,10-11,13H,2-3,5-6,8-9H2,1H3/t10-,11+,13-/m1/s1. The zero-order valence-electron chi connectivity index (χ0n) is 12.0. The van der Waals surface area contributed by atoms with E-state index in [4.69, 9.17) is 9.47 Å². The fourth-order valence-electron chi connectivity index (χ4n) is 3.24. The Hall–Kier alpha value is -0.540. The number of sulfonamides is 1. The van der Waals surface area contributed by atoms with Crippen molar-refractivity contribution in [1.82, 2.24) is 9.29 Å². The summed E-state index contributed by atoms with van der Waals surface area (Å²) in [5.74, 6) is 0.263. The van der Waals surface area contributed by atoms with Gasteiger partial charge in [0.15, 0.2) is 0 Å². The highest BCUT2D eigenvalue weighted by molar-refractivity contribution is 7.88. The Bertz CT molecular complexity index is 561. The maximum absolute atomic E-state index is 11.8. The van der Waals surface area contributed by atoms with E-state index in [1.807, 2.05) is 5.38 Å². The lowest BCUT2D eigenvalue weighted by molar-refractivity contribution is -0.0638. The molecule has 1 saturated carbocycles. The molecular formula is C13H20N2O4S2. The molecule has 0 radical (unpaired) electrons. The van der Waals surface area contributed by atoms with E-state index in [9.17, 15) is 8.42 Å². The van der Waals surface area contributed by atoms with Crippen LogP contribution in [0.15, 0.2) is 11.6 Å². The van der Waals surface area contributed by atoms with Gasteiger partial charge in [-0.25, -0.2) is 13.4 Å². The molecule has 2 fully saturated rings. The molecule has 0 N–H and O–H groups in total. The quantitative estimate of drug-likeness (QED) is 0.808. The number of fused-ring (bicyclic) bond motifs is 1. The highest BCUT2D eigenvalue weighted by atomic mass is 32.2. The molecule has 0 unspecified atom stereocenters. The first-order chi connectivity index (χ1) is 10.1. The number of hydrogen-bond donors (Lipinski definition) is 0. The van der Waals surface area contributed by atoms with Crippen LogP contribution in [0.3, 0.4) is 0 Å². The molecule has 1 aromatic heterocycles. The maximum atomic E-state index is 11.8. The Kier molecular flexibility index (Phi) is 4.60. The zero-order valence-corrected chi connectivity index (χ0v) is 13.6. The third-order valence-electron chi connectivity index (χ3n) is 4.14. The predicted octanol–water partition coefficient (Wildman–Crippen LogP) is 1.10. The van der Waals surface area contributed by atoms with Crippen LogP contribution in [0.25, 0.3) is 0 Å². The van der Waals surface area contributed by atoms with Gasteiger partial charge in [-0.3, -0.25) is 0 Å². The fraction of sp³-hybridized carbons (Fsp3) is 0.769. The van der Waals surface area contributed by atoms with Crippen molar-refractivity contribution in [1.29, 1.82) is 0 Å². The maximum Gasteiger partial charge on any atom is 0.211 e. The smallest absolute Gasteiger partial charge is 0.211 e. The van der Waals surface area contributed by atoms with Crippen LogP contribution >= 0.6 is 11.3 Å². The van der Waals surface area contributed by atoms with Crippen molar-refractivity contribution in [3.63, 3.8) is 0 Å². The van der Waals surface area contributed by atoms with E-state index in [0.29, 0.717) is 26.4 Å². The van der Waals surface area contributed by atoms with E-state index in [2.05, 4.69) is 4.98 Å².